The molecule has 3 N–H and O–H groups in total. The highest BCUT2D eigenvalue weighted by molar-refractivity contribution is 7.92. The van der Waals surface area contributed by atoms with E-state index in [4.69, 9.17) is 10.5 Å². The van der Waals surface area contributed by atoms with E-state index < -0.39 is 21.8 Å². The quantitative estimate of drug-likeness (QED) is 0.512. The Labute approximate surface area is 202 Å². The molecular weight excluding hydrogens is 474 g/mol. The Kier molecular flexibility index (Phi) is 6.63. The molecule has 2 amide bonds. The summed E-state index contributed by atoms with van der Waals surface area (Å²) in [7, 11) is -0.969. The molecule has 34 heavy (non-hydrogen) atoms. The first-order valence-electron chi connectivity index (χ1n) is 10.7. The molecule has 10 heteroatoms. The summed E-state index contributed by atoms with van der Waals surface area (Å²) >= 11 is 1.38. The number of para-hydroxylation sites is 2. The third kappa shape index (κ3) is 4.38. The Morgan fingerprint density at radius 2 is 1.74 bits per heavy atom. The Hall–Kier alpha value is -3.37. The van der Waals surface area contributed by atoms with E-state index in [1.165, 1.54) is 49.8 Å². The van der Waals surface area contributed by atoms with Crippen molar-refractivity contribution >= 4 is 43.9 Å². The van der Waals surface area contributed by atoms with Gasteiger partial charge in [-0.05, 0) is 67.6 Å². The number of hydrogen-bond acceptors (Lipinski definition) is 6. The summed E-state index contributed by atoms with van der Waals surface area (Å²) in [6.45, 7) is 0. The van der Waals surface area contributed by atoms with Crippen LogP contribution in [0.2, 0.25) is 0 Å². The van der Waals surface area contributed by atoms with Gasteiger partial charge in [0.1, 0.15) is 10.8 Å². The van der Waals surface area contributed by atoms with Crippen LogP contribution in [-0.2, 0) is 22.9 Å². The maximum atomic E-state index is 13.1. The van der Waals surface area contributed by atoms with Crippen LogP contribution in [0.15, 0.2) is 53.4 Å². The van der Waals surface area contributed by atoms with Crippen LogP contribution in [0.5, 0.6) is 5.75 Å². The van der Waals surface area contributed by atoms with Crippen molar-refractivity contribution in [2.24, 2.45) is 5.73 Å². The van der Waals surface area contributed by atoms with Crippen molar-refractivity contribution in [3.05, 3.63) is 70.1 Å². The lowest BCUT2D eigenvalue weighted by molar-refractivity contribution is 0.100. The molecule has 0 saturated heterocycles. The molecule has 2 aromatic carbocycles. The number of primary amides is 1. The summed E-state index contributed by atoms with van der Waals surface area (Å²) in [5, 5.41) is 3.23. The topological polar surface area (TPSA) is 119 Å². The molecule has 0 radical (unpaired) electrons. The smallest absolute Gasteiger partial charge is 0.264 e. The predicted molar refractivity (Wildman–Crippen MR) is 132 cm³/mol. The molecule has 0 spiro atoms. The summed E-state index contributed by atoms with van der Waals surface area (Å²) in [6.07, 6.45) is 3.66. The van der Waals surface area contributed by atoms with E-state index in [2.05, 4.69) is 5.32 Å². The molecule has 0 bridgehead atoms. The fraction of sp³-hybridized carbons (Fsp3) is 0.250. The Morgan fingerprint density at radius 3 is 2.41 bits per heavy atom. The van der Waals surface area contributed by atoms with Gasteiger partial charge < -0.3 is 15.8 Å². The summed E-state index contributed by atoms with van der Waals surface area (Å²) < 4.78 is 32.7. The fourth-order valence-electron chi connectivity index (χ4n) is 4.05. The molecule has 0 fully saturated rings. The van der Waals surface area contributed by atoms with E-state index >= 15 is 0 Å². The van der Waals surface area contributed by atoms with Crippen LogP contribution in [0, 0.1) is 0 Å². The summed E-state index contributed by atoms with van der Waals surface area (Å²) in [6, 6.07) is 12.4. The molecule has 1 aromatic heterocycles. The van der Waals surface area contributed by atoms with Crippen LogP contribution in [0.25, 0.3) is 0 Å². The Balaban J connectivity index is 1.57. The van der Waals surface area contributed by atoms with Crippen molar-refractivity contribution in [3.8, 4) is 5.75 Å². The average Bonchev–Trinajstić information content (AvgIpc) is 3.21. The minimum Gasteiger partial charge on any atom is -0.495 e. The second-order valence-electron chi connectivity index (χ2n) is 7.90. The van der Waals surface area contributed by atoms with Gasteiger partial charge in [0.2, 0.25) is 0 Å². The van der Waals surface area contributed by atoms with Crippen molar-refractivity contribution < 1.29 is 22.7 Å². The van der Waals surface area contributed by atoms with Crippen LogP contribution >= 0.6 is 11.3 Å². The van der Waals surface area contributed by atoms with Crippen LogP contribution in [0.4, 0.5) is 10.7 Å². The molecule has 8 nitrogen and oxygen atoms in total. The number of amides is 2. The number of anilines is 2. The predicted octanol–water partition coefficient (Wildman–Crippen LogP) is 3.81. The van der Waals surface area contributed by atoms with Crippen LogP contribution in [0.3, 0.4) is 0 Å². The largest absolute Gasteiger partial charge is 0.495 e. The fourth-order valence-corrected chi connectivity index (χ4v) is 6.54. The number of carbonyl (C=O) groups is 2. The highest BCUT2D eigenvalue weighted by Gasteiger charge is 2.26. The normalized spacial score (nSPS) is 13.1. The van der Waals surface area contributed by atoms with E-state index in [9.17, 15) is 18.0 Å². The van der Waals surface area contributed by atoms with Gasteiger partial charge in [0, 0.05) is 17.5 Å². The molecule has 0 aliphatic heterocycles. The van der Waals surface area contributed by atoms with Crippen LogP contribution in [-0.4, -0.2) is 34.4 Å². The number of methoxy groups -OCH3 is 1. The van der Waals surface area contributed by atoms with E-state index in [0.29, 0.717) is 22.0 Å². The molecular formula is C24H25N3O5S2. The summed E-state index contributed by atoms with van der Waals surface area (Å²) in [4.78, 5) is 26.0. The maximum absolute atomic E-state index is 13.1. The highest BCUT2D eigenvalue weighted by Crippen LogP contribution is 2.38. The number of nitrogens with zero attached hydrogens (tertiary/aromatic N) is 1. The Bertz CT molecular complexity index is 1350. The number of rotatable bonds is 7. The number of ether oxygens (including phenoxy) is 1. The van der Waals surface area contributed by atoms with Crippen molar-refractivity contribution in [2.45, 2.75) is 30.6 Å². The number of fused-ring (bicyclic) bond motifs is 1. The maximum Gasteiger partial charge on any atom is 0.264 e. The lowest BCUT2D eigenvalue weighted by Crippen LogP contribution is -2.27. The third-order valence-corrected chi connectivity index (χ3v) is 8.84. The molecule has 1 aliphatic carbocycles. The van der Waals surface area contributed by atoms with Crippen LogP contribution < -0.4 is 20.1 Å². The van der Waals surface area contributed by atoms with Crippen LogP contribution in [0.1, 0.15) is 44.0 Å². The minimum atomic E-state index is -3.88. The van der Waals surface area contributed by atoms with Crippen molar-refractivity contribution in [2.75, 3.05) is 23.8 Å². The van der Waals surface area contributed by atoms with Gasteiger partial charge in [-0.2, -0.15) is 0 Å². The number of benzene rings is 2. The molecule has 4 rings (SSSR count). The van der Waals surface area contributed by atoms with Crippen molar-refractivity contribution in [1.82, 2.24) is 0 Å². The van der Waals surface area contributed by atoms with Gasteiger partial charge in [-0.1, -0.05) is 12.1 Å². The average molecular weight is 500 g/mol. The van der Waals surface area contributed by atoms with Gasteiger partial charge >= 0.3 is 0 Å². The van der Waals surface area contributed by atoms with E-state index in [-0.39, 0.29) is 10.5 Å². The number of thiophene rings is 1. The van der Waals surface area contributed by atoms with E-state index in [0.717, 1.165) is 40.4 Å². The molecule has 3 aromatic rings. The SMILES string of the molecule is COc1ccccc1N(C)S(=O)(=O)c1ccc(C(=O)Nc2sc3c(c2C(N)=O)CCCC3)cc1. The molecule has 1 heterocycles. The summed E-state index contributed by atoms with van der Waals surface area (Å²) in [5.41, 5.74) is 7.57. The molecule has 0 saturated carbocycles. The lowest BCUT2D eigenvalue weighted by Gasteiger charge is -2.21. The van der Waals surface area contributed by atoms with Gasteiger partial charge in [0.25, 0.3) is 21.8 Å². The summed E-state index contributed by atoms with van der Waals surface area (Å²) in [5.74, 6) is -0.577. The molecule has 0 unspecified atom stereocenters. The molecule has 178 valence electrons. The zero-order valence-corrected chi connectivity index (χ0v) is 20.5. The number of aryl methyl sites for hydroxylation is 1. The monoisotopic (exact) mass is 499 g/mol. The van der Waals surface area contributed by atoms with E-state index in [1.54, 1.807) is 24.3 Å². The highest BCUT2D eigenvalue weighted by atomic mass is 32.2. The first-order valence-corrected chi connectivity index (χ1v) is 13.0. The number of hydrogen-bond donors (Lipinski definition) is 2. The van der Waals surface area contributed by atoms with E-state index in [1.807, 2.05) is 0 Å². The van der Waals surface area contributed by atoms with Crippen molar-refractivity contribution in [3.63, 3.8) is 0 Å². The molecule has 0 atom stereocenters. The first kappa shape index (κ1) is 23.8. The minimum absolute atomic E-state index is 0.0295. The number of nitrogens with two attached hydrogens (primary N) is 1. The number of carbonyl (C=O) groups excluding carboxylic acids is 2. The Morgan fingerprint density at radius 1 is 1.06 bits per heavy atom. The number of sulfonamides is 1. The number of nitrogens with one attached hydrogen (secondary N) is 1. The zero-order valence-electron chi connectivity index (χ0n) is 18.8. The molecule has 1 aliphatic rings. The lowest BCUT2D eigenvalue weighted by atomic mass is 9.95. The standard InChI is InChI=1S/C24H25N3O5S2/c1-27(18-8-4-5-9-19(18)32-2)34(30,31)16-13-11-15(12-14-16)23(29)26-24-21(22(25)28)17-7-3-6-10-20(17)33-24/h4-5,8-9,11-14H,3,6-7,10H2,1-2H3,(H2,25,28)(H,26,29). The van der Waals surface area contributed by atoms with Gasteiger partial charge in [-0.25, -0.2) is 8.42 Å². The van der Waals surface area contributed by atoms with Gasteiger partial charge in [0.15, 0.2) is 0 Å². The zero-order chi connectivity index (χ0) is 24.5. The second kappa shape index (κ2) is 9.47. The van der Waals surface area contributed by atoms with Crippen molar-refractivity contribution in [1.29, 1.82) is 0 Å². The second-order valence-corrected chi connectivity index (χ2v) is 11.0. The third-order valence-electron chi connectivity index (χ3n) is 5.84. The van der Waals surface area contributed by atoms with Gasteiger partial charge in [-0.3, -0.25) is 13.9 Å². The first-order chi connectivity index (χ1) is 16.2. The van der Waals surface area contributed by atoms with Gasteiger partial charge in [0.05, 0.1) is 23.3 Å². The van der Waals surface area contributed by atoms with Gasteiger partial charge in [-0.15, -0.1) is 11.3 Å².